The van der Waals surface area contributed by atoms with Crippen LogP contribution in [-0.2, 0) is 9.53 Å². The molecule has 1 aromatic heterocycles. The van der Waals surface area contributed by atoms with E-state index in [2.05, 4.69) is 32.2 Å². The molecule has 4 heteroatoms. The molecule has 3 nitrogen and oxygen atoms in total. The molecule has 1 heterocycles. The molecule has 0 amide bonds. The lowest BCUT2D eigenvalue weighted by atomic mass is 10.1. The number of carbonyl (C=O) groups excluding carboxylic acids is 1. The summed E-state index contributed by atoms with van der Waals surface area (Å²) >= 11 is 1.81. The number of nitrogens with one attached hydrogen (secondary N) is 1. The Morgan fingerprint density at radius 2 is 2.05 bits per heavy atom. The van der Waals surface area contributed by atoms with Gasteiger partial charge < -0.3 is 10.1 Å². The number of esters is 1. The van der Waals surface area contributed by atoms with Crippen LogP contribution in [0.3, 0.4) is 0 Å². The van der Waals surface area contributed by atoms with E-state index in [9.17, 15) is 4.79 Å². The minimum atomic E-state index is -0.399. The molecule has 0 aromatic carbocycles. The molecule has 1 atom stereocenters. The van der Waals surface area contributed by atoms with Crippen LogP contribution in [0.1, 0.15) is 55.5 Å². The van der Waals surface area contributed by atoms with E-state index in [1.807, 2.05) is 32.1 Å². The van der Waals surface area contributed by atoms with Crippen LogP contribution < -0.4 is 5.32 Å². The zero-order chi connectivity index (χ0) is 14.6. The van der Waals surface area contributed by atoms with Crippen LogP contribution in [0, 0.1) is 13.8 Å². The van der Waals surface area contributed by atoms with Crippen LogP contribution in [0.15, 0.2) is 6.07 Å². The van der Waals surface area contributed by atoms with E-state index in [1.165, 1.54) is 15.3 Å². The third kappa shape index (κ3) is 5.74. The standard InChI is InChI=1S/C15H25NO2S/c1-10-9-13(12(3)19-10)11(2)16-8-7-14(17)18-15(4,5)6/h9,11,16H,7-8H2,1-6H3. The van der Waals surface area contributed by atoms with Crippen molar-refractivity contribution in [3.05, 3.63) is 21.4 Å². The van der Waals surface area contributed by atoms with Gasteiger partial charge in [0.25, 0.3) is 0 Å². The van der Waals surface area contributed by atoms with Gasteiger partial charge in [0.15, 0.2) is 0 Å². The minimum absolute atomic E-state index is 0.148. The molecular formula is C15H25NO2S. The average molecular weight is 283 g/mol. The molecular weight excluding hydrogens is 258 g/mol. The van der Waals surface area contributed by atoms with Crippen LogP contribution in [0.2, 0.25) is 0 Å². The van der Waals surface area contributed by atoms with Crippen LogP contribution in [0.5, 0.6) is 0 Å². The van der Waals surface area contributed by atoms with Gasteiger partial charge in [-0.25, -0.2) is 0 Å². The van der Waals surface area contributed by atoms with Crippen LogP contribution in [0.4, 0.5) is 0 Å². The molecule has 0 aliphatic rings. The maximum Gasteiger partial charge on any atom is 0.307 e. The fourth-order valence-electron chi connectivity index (χ4n) is 1.97. The highest BCUT2D eigenvalue weighted by atomic mass is 32.1. The third-order valence-corrected chi connectivity index (χ3v) is 3.73. The van der Waals surface area contributed by atoms with Gasteiger partial charge >= 0.3 is 5.97 Å². The summed E-state index contributed by atoms with van der Waals surface area (Å²) < 4.78 is 5.28. The van der Waals surface area contributed by atoms with Gasteiger partial charge in [-0.15, -0.1) is 11.3 Å². The maximum atomic E-state index is 11.6. The molecule has 0 radical (unpaired) electrons. The van der Waals surface area contributed by atoms with Crippen LogP contribution in [-0.4, -0.2) is 18.1 Å². The molecule has 0 saturated heterocycles. The first-order valence-electron chi connectivity index (χ1n) is 6.71. The fourth-order valence-corrected chi connectivity index (χ4v) is 3.00. The van der Waals surface area contributed by atoms with Crippen molar-refractivity contribution in [3.8, 4) is 0 Å². The first-order valence-corrected chi connectivity index (χ1v) is 7.53. The van der Waals surface area contributed by atoms with Crippen LogP contribution >= 0.6 is 11.3 Å². The van der Waals surface area contributed by atoms with Gasteiger partial charge in [0, 0.05) is 22.3 Å². The van der Waals surface area contributed by atoms with Crippen molar-refractivity contribution in [2.24, 2.45) is 0 Å². The van der Waals surface area contributed by atoms with E-state index in [0.29, 0.717) is 13.0 Å². The topological polar surface area (TPSA) is 38.3 Å². The molecule has 1 unspecified atom stereocenters. The summed E-state index contributed by atoms with van der Waals surface area (Å²) in [6, 6.07) is 2.48. The van der Waals surface area contributed by atoms with E-state index in [1.54, 1.807) is 0 Å². The van der Waals surface area contributed by atoms with Crippen molar-refractivity contribution < 1.29 is 9.53 Å². The summed E-state index contributed by atoms with van der Waals surface area (Å²) in [4.78, 5) is 14.3. The Balaban J connectivity index is 2.37. The second kappa shape index (κ2) is 6.53. The smallest absolute Gasteiger partial charge is 0.307 e. The van der Waals surface area contributed by atoms with E-state index >= 15 is 0 Å². The Hall–Kier alpha value is -0.870. The van der Waals surface area contributed by atoms with Crippen molar-refractivity contribution in [2.75, 3.05) is 6.54 Å². The second-order valence-electron chi connectivity index (χ2n) is 5.88. The monoisotopic (exact) mass is 283 g/mol. The Morgan fingerprint density at radius 3 is 2.53 bits per heavy atom. The third-order valence-electron chi connectivity index (χ3n) is 2.75. The molecule has 1 aromatic rings. The maximum absolute atomic E-state index is 11.6. The van der Waals surface area contributed by atoms with Crippen molar-refractivity contribution in [2.45, 2.75) is 59.6 Å². The van der Waals surface area contributed by atoms with Crippen molar-refractivity contribution >= 4 is 17.3 Å². The predicted octanol–water partition coefficient (Wildman–Crippen LogP) is 3.75. The van der Waals surface area contributed by atoms with Gasteiger partial charge in [0.2, 0.25) is 0 Å². The number of ether oxygens (including phenoxy) is 1. The fraction of sp³-hybridized carbons (Fsp3) is 0.667. The Labute approximate surface area is 120 Å². The second-order valence-corrected chi connectivity index (χ2v) is 7.34. The molecule has 1 rings (SSSR count). The summed E-state index contributed by atoms with van der Waals surface area (Å²) in [6.45, 7) is 12.7. The number of hydrogen-bond donors (Lipinski definition) is 1. The lowest BCUT2D eigenvalue weighted by Crippen LogP contribution is -2.27. The van der Waals surface area contributed by atoms with E-state index in [-0.39, 0.29) is 12.0 Å². The Morgan fingerprint density at radius 1 is 1.42 bits per heavy atom. The van der Waals surface area contributed by atoms with E-state index < -0.39 is 5.60 Å². The first kappa shape index (κ1) is 16.2. The average Bonchev–Trinajstić information content (AvgIpc) is 2.55. The largest absolute Gasteiger partial charge is 0.460 e. The predicted molar refractivity (Wildman–Crippen MR) is 80.7 cm³/mol. The molecule has 0 aliphatic heterocycles. The molecule has 1 N–H and O–H groups in total. The minimum Gasteiger partial charge on any atom is -0.460 e. The van der Waals surface area contributed by atoms with Gasteiger partial charge in [-0.1, -0.05) is 0 Å². The number of hydrogen-bond acceptors (Lipinski definition) is 4. The SMILES string of the molecule is Cc1cc(C(C)NCCC(=O)OC(C)(C)C)c(C)s1. The number of thiophene rings is 1. The summed E-state index contributed by atoms with van der Waals surface area (Å²) in [7, 11) is 0. The van der Waals surface area contributed by atoms with Gasteiger partial charge in [-0.3, -0.25) is 4.79 Å². The summed E-state index contributed by atoms with van der Waals surface area (Å²) in [5.74, 6) is -0.148. The van der Waals surface area contributed by atoms with E-state index in [4.69, 9.17) is 4.74 Å². The Kier molecular flexibility index (Phi) is 5.56. The molecule has 0 aliphatic carbocycles. The lowest BCUT2D eigenvalue weighted by molar-refractivity contribution is -0.154. The summed E-state index contributed by atoms with van der Waals surface area (Å²) in [5.41, 5.74) is 0.927. The molecule has 108 valence electrons. The molecule has 19 heavy (non-hydrogen) atoms. The number of rotatable bonds is 5. The van der Waals surface area contributed by atoms with Gasteiger partial charge in [-0.05, 0) is 53.2 Å². The van der Waals surface area contributed by atoms with Crippen LogP contribution in [0.25, 0.3) is 0 Å². The zero-order valence-corrected chi connectivity index (χ0v) is 13.6. The quantitative estimate of drug-likeness (QED) is 0.836. The summed E-state index contributed by atoms with van der Waals surface area (Å²) in [5, 5.41) is 3.38. The first-order chi connectivity index (χ1) is 8.69. The highest BCUT2D eigenvalue weighted by Crippen LogP contribution is 2.25. The number of aryl methyl sites for hydroxylation is 2. The molecule has 0 bridgehead atoms. The van der Waals surface area contributed by atoms with Gasteiger partial charge in [0.1, 0.15) is 5.60 Å². The van der Waals surface area contributed by atoms with Gasteiger partial charge in [-0.2, -0.15) is 0 Å². The molecule has 0 spiro atoms. The highest BCUT2D eigenvalue weighted by molar-refractivity contribution is 7.12. The van der Waals surface area contributed by atoms with Gasteiger partial charge in [0.05, 0.1) is 6.42 Å². The lowest BCUT2D eigenvalue weighted by Gasteiger charge is -2.20. The van der Waals surface area contributed by atoms with Crippen molar-refractivity contribution in [1.29, 1.82) is 0 Å². The summed E-state index contributed by atoms with van der Waals surface area (Å²) in [6.07, 6.45) is 0.407. The normalized spacial score (nSPS) is 13.4. The van der Waals surface area contributed by atoms with Crippen molar-refractivity contribution in [1.82, 2.24) is 5.32 Å². The highest BCUT2D eigenvalue weighted by Gasteiger charge is 2.16. The Bertz CT molecular complexity index is 432. The zero-order valence-electron chi connectivity index (χ0n) is 12.8. The molecule has 0 saturated carbocycles. The molecule has 0 fully saturated rings. The van der Waals surface area contributed by atoms with E-state index in [0.717, 1.165) is 0 Å². The number of carbonyl (C=O) groups is 1. The van der Waals surface area contributed by atoms with Crippen molar-refractivity contribution in [3.63, 3.8) is 0 Å².